The van der Waals surface area contributed by atoms with E-state index in [4.69, 9.17) is 4.98 Å². The van der Waals surface area contributed by atoms with Gasteiger partial charge in [0.2, 0.25) is 5.43 Å². The second-order valence-electron chi connectivity index (χ2n) is 11.3. The monoisotopic (exact) mass is 582 g/mol. The number of aromatic amines is 3. The van der Waals surface area contributed by atoms with Crippen LogP contribution in [0.2, 0.25) is 0 Å². The lowest BCUT2D eigenvalue weighted by Crippen LogP contribution is -2.07. The molecule has 0 aliphatic carbocycles. The van der Waals surface area contributed by atoms with Crippen molar-refractivity contribution in [3.63, 3.8) is 0 Å². The largest absolute Gasteiger partial charge is 0.481 e. The van der Waals surface area contributed by atoms with Crippen molar-refractivity contribution in [3.05, 3.63) is 73.2 Å². The van der Waals surface area contributed by atoms with Gasteiger partial charge in [-0.25, -0.2) is 4.98 Å². The maximum Gasteiger partial charge on any atom is 0.303 e. The zero-order valence-corrected chi connectivity index (χ0v) is 25.5. The number of hydrogen-bond donors (Lipinski definition) is 5. The van der Waals surface area contributed by atoms with Crippen LogP contribution in [0.25, 0.3) is 44.2 Å². The average Bonchev–Trinajstić information content (AvgIpc) is 3.63. The number of aromatic nitrogens is 4. The number of fused-ring (bicyclic) bond motifs is 8. The third-order valence-electron chi connectivity index (χ3n) is 8.86. The number of nitrogens with one attached hydrogen (secondary N) is 3. The standard InChI is InChI=1S/C34H38N4O5/c1-7-20-19(6)32-34(43)33-21(8-2)16(3)26(37-33)13-24-17(4)22(9-11-30(39)40)28(35-24)15-29-23(10-12-31(41)42)18(5)25(36-29)14-27(20)38-32/h13-15,35-36,38H,7-12H2,1-6H3,(H,39,40)(H,41,42). The first-order chi connectivity index (χ1) is 20.4. The SMILES string of the molecule is CCC1=C(C)c2cc3[nH]c(cc4[nH]c(cc5[nH]c(c(C)c5CC)c(=O)c1n2)c(C)c4CCC(=O)O)c(CCC(=O)O)c3C. The van der Waals surface area contributed by atoms with Crippen molar-refractivity contribution in [1.82, 2.24) is 19.9 Å². The topological polar surface area (TPSA) is 152 Å². The quantitative estimate of drug-likeness (QED) is 0.155. The molecular formula is C34H38N4O5. The lowest BCUT2D eigenvalue weighted by atomic mass is 10.0. The van der Waals surface area contributed by atoms with Crippen LogP contribution in [0.5, 0.6) is 0 Å². The molecule has 0 unspecified atom stereocenters. The van der Waals surface area contributed by atoms with Crippen molar-refractivity contribution in [3.8, 4) is 0 Å². The number of carbonyl (C=O) groups is 2. The highest BCUT2D eigenvalue weighted by Gasteiger charge is 2.21. The van der Waals surface area contributed by atoms with Gasteiger partial charge in [-0.1, -0.05) is 13.8 Å². The molecule has 0 saturated carbocycles. The first-order valence-corrected chi connectivity index (χ1v) is 14.8. The van der Waals surface area contributed by atoms with Crippen LogP contribution in [0, 0.1) is 20.8 Å². The fourth-order valence-electron chi connectivity index (χ4n) is 6.37. The molecule has 0 amide bonds. The summed E-state index contributed by atoms with van der Waals surface area (Å²) in [7, 11) is 0. The maximum absolute atomic E-state index is 14.0. The number of rotatable bonds is 8. The van der Waals surface area contributed by atoms with Gasteiger partial charge in [-0.05, 0) is 116 Å². The van der Waals surface area contributed by atoms with E-state index < -0.39 is 11.9 Å². The predicted octanol–water partition coefficient (Wildman–Crippen LogP) is 6.75. The van der Waals surface area contributed by atoms with E-state index in [2.05, 4.69) is 21.9 Å². The lowest BCUT2D eigenvalue weighted by Gasteiger charge is -2.00. The average molecular weight is 583 g/mol. The highest BCUT2D eigenvalue weighted by Crippen LogP contribution is 2.33. The summed E-state index contributed by atoms with van der Waals surface area (Å²) < 4.78 is 0. The van der Waals surface area contributed by atoms with Crippen molar-refractivity contribution < 1.29 is 19.8 Å². The van der Waals surface area contributed by atoms with E-state index >= 15 is 0 Å². The molecule has 5 rings (SSSR count). The van der Waals surface area contributed by atoms with Crippen LogP contribution in [-0.4, -0.2) is 42.1 Å². The summed E-state index contributed by atoms with van der Waals surface area (Å²) in [6.07, 6.45) is 1.96. The normalized spacial score (nSPS) is 12.4. The van der Waals surface area contributed by atoms with E-state index in [1.165, 1.54) is 0 Å². The molecule has 0 atom stereocenters. The number of hydrogen-bond acceptors (Lipinski definition) is 4. The highest BCUT2D eigenvalue weighted by atomic mass is 16.4. The Hall–Kier alpha value is -4.66. The summed E-state index contributed by atoms with van der Waals surface area (Å²) >= 11 is 0. The van der Waals surface area contributed by atoms with Crippen LogP contribution in [0.1, 0.15) is 84.8 Å². The zero-order chi connectivity index (χ0) is 31.2. The molecular weight excluding hydrogens is 544 g/mol. The minimum absolute atomic E-state index is 0.0299. The van der Waals surface area contributed by atoms with E-state index in [9.17, 15) is 24.6 Å². The van der Waals surface area contributed by atoms with Gasteiger partial charge in [-0.15, -0.1) is 0 Å². The summed E-state index contributed by atoms with van der Waals surface area (Å²) in [5.41, 5.74) is 12.8. The molecule has 4 aromatic heterocycles. The number of H-pyrrole nitrogens is 3. The van der Waals surface area contributed by atoms with Crippen molar-refractivity contribution in [2.75, 3.05) is 0 Å². The summed E-state index contributed by atoms with van der Waals surface area (Å²) in [4.78, 5) is 52.4. The van der Waals surface area contributed by atoms with Gasteiger partial charge in [0.15, 0.2) is 0 Å². The molecule has 0 radical (unpaired) electrons. The van der Waals surface area contributed by atoms with E-state index in [0.29, 0.717) is 36.2 Å². The Morgan fingerprint density at radius 2 is 1.21 bits per heavy atom. The Morgan fingerprint density at radius 3 is 1.72 bits per heavy atom. The van der Waals surface area contributed by atoms with Crippen molar-refractivity contribution in [2.45, 2.75) is 80.1 Å². The van der Waals surface area contributed by atoms with E-state index in [0.717, 1.165) is 78.5 Å². The number of aryl methyl sites for hydroxylation is 6. The molecule has 0 saturated heterocycles. The third-order valence-corrected chi connectivity index (χ3v) is 8.86. The molecule has 1 aliphatic rings. The zero-order valence-electron chi connectivity index (χ0n) is 25.5. The highest BCUT2D eigenvalue weighted by molar-refractivity contribution is 5.93. The minimum Gasteiger partial charge on any atom is -0.481 e. The summed E-state index contributed by atoms with van der Waals surface area (Å²) in [6, 6.07) is 5.88. The second kappa shape index (κ2) is 11.6. The van der Waals surface area contributed by atoms with E-state index in [1.807, 2.05) is 52.8 Å². The molecule has 224 valence electrons. The minimum atomic E-state index is -0.887. The number of nitrogens with zero attached hydrogens (tertiary/aromatic N) is 1. The molecule has 8 bridgehead atoms. The Bertz CT molecular complexity index is 2020. The molecule has 43 heavy (non-hydrogen) atoms. The molecule has 5 heterocycles. The van der Waals surface area contributed by atoms with Crippen LogP contribution in [0.15, 0.2) is 23.0 Å². The Morgan fingerprint density at radius 1 is 0.698 bits per heavy atom. The summed E-state index contributed by atoms with van der Waals surface area (Å²) in [5.74, 6) is -1.77. The molecule has 0 spiro atoms. The Labute approximate surface area is 249 Å². The number of aliphatic carboxylic acids is 2. The van der Waals surface area contributed by atoms with Crippen LogP contribution in [-0.2, 0) is 28.9 Å². The van der Waals surface area contributed by atoms with Gasteiger partial charge in [-0.3, -0.25) is 14.4 Å². The number of carboxylic acid groups (broad SMARTS) is 2. The van der Waals surface area contributed by atoms with Gasteiger partial charge in [0.1, 0.15) is 5.69 Å². The fourth-order valence-corrected chi connectivity index (χ4v) is 6.37. The summed E-state index contributed by atoms with van der Waals surface area (Å²) in [5, 5.41) is 18.9. The smallest absolute Gasteiger partial charge is 0.303 e. The first kappa shape index (κ1) is 29.8. The third kappa shape index (κ3) is 5.35. The number of carboxylic acids is 2. The van der Waals surface area contributed by atoms with Crippen molar-refractivity contribution in [2.24, 2.45) is 0 Å². The molecule has 0 aromatic carbocycles. The molecule has 9 heteroatoms. The van der Waals surface area contributed by atoms with E-state index in [1.54, 1.807) is 0 Å². The van der Waals surface area contributed by atoms with Crippen molar-refractivity contribution in [1.29, 1.82) is 0 Å². The molecule has 0 fully saturated rings. The van der Waals surface area contributed by atoms with Crippen LogP contribution in [0.4, 0.5) is 0 Å². The molecule has 4 aromatic rings. The van der Waals surface area contributed by atoms with Crippen LogP contribution in [0.3, 0.4) is 0 Å². The molecule has 9 nitrogen and oxygen atoms in total. The van der Waals surface area contributed by atoms with Gasteiger partial charge in [0.05, 0.1) is 11.2 Å². The van der Waals surface area contributed by atoms with E-state index in [-0.39, 0.29) is 18.3 Å². The Kier molecular flexibility index (Phi) is 8.01. The maximum atomic E-state index is 14.0. The lowest BCUT2D eigenvalue weighted by molar-refractivity contribution is -0.138. The van der Waals surface area contributed by atoms with Crippen molar-refractivity contribution >= 4 is 56.2 Å². The first-order valence-electron chi connectivity index (χ1n) is 14.8. The predicted molar refractivity (Wildman–Crippen MR) is 171 cm³/mol. The van der Waals surface area contributed by atoms with Gasteiger partial charge in [0, 0.05) is 40.4 Å². The fraction of sp³-hybridized carbons (Fsp3) is 0.353. The van der Waals surface area contributed by atoms with Gasteiger partial charge in [0.25, 0.3) is 0 Å². The number of allylic oxidation sites excluding steroid dienone is 2. The molecule has 5 N–H and O–H groups in total. The summed E-state index contributed by atoms with van der Waals surface area (Å²) in [6.45, 7) is 11.9. The molecule has 1 aliphatic heterocycles. The Balaban J connectivity index is 2.00. The van der Waals surface area contributed by atoms with Gasteiger partial charge in [-0.2, -0.15) is 0 Å². The van der Waals surface area contributed by atoms with Crippen LogP contribution < -0.4 is 5.43 Å². The van der Waals surface area contributed by atoms with Gasteiger partial charge < -0.3 is 25.2 Å². The van der Waals surface area contributed by atoms with Crippen LogP contribution >= 0.6 is 0 Å². The second-order valence-corrected chi connectivity index (χ2v) is 11.3. The van der Waals surface area contributed by atoms with Gasteiger partial charge >= 0.3 is 11.9 Å².